The molecule has 0 fully saturated rings. The molecule has 1 aliphatic rings. The Labute approximate surface area is 219 Å². The third-order valence-corrected chi connectivity index (χ3v) is 6.97. The number of nitrogens with zero attached hydrogens (tertiary/aromatic N) is 2. The second-order valence-electron chi connectivity index (χ2n) is 8.57. The zero-order chi connectivity index (χ0) is 25.6. The number of para-hydroxylation sites is 1. The summed E-state index contributed by atoms with van der Waals surface area (Å²) in [6.45, 7) is 3.74. The van der Waals surface area contributed by atoms with Gasteiger partial charge in [-0.3, -0.25) is 9.59 Å². The Hall–Kier alpha value is -4.17. The Bertz CT molecular complexity index is 1390. The van der Waals surface area contributed by atoms with E-state index in [0.717, 1.165) is 21.0 Å². The zero-order valence-corrected chi connectivity index (χ0v) is 21.3. The molecule has 37 heavy (non-hydrogen) atoms. The molecule has 1 aromatic heterocycles. The lowest BCUT2D eigenvalue weighted by atomic mass is 10.1. The average Bonchev–Trinajstić information content (AvgIpc) is 3.34. The zero-order valence-electron chi connectivity index (χ0n) is 20.5. The van der Waals surface area contributed by atoms with Gasteiger partial charge in [0.25, 0.3) is 11.8 Å². The molecule has 0 radical (unpaired) electrons. The van der Waals surface area contributed by atoms with Crippen LogP contribution in [0.5, 0.6) is 11.5 Å². The minimum Gasteiger partial charge on any atom is -0.486 e. The minimum absolute atomic E-state index is 0.171. The van der Waals surface area contributed by atoms with Crippen LogP contribution in [0.1, 0.15) is 31.4 Å². The van der Waals surface area contributed by atoms with Crippen LogP contribution in [-0.2, 0) is 6.54 Å². The van der Waals surface area contributed by atoms with Crippen molar-refractivity contribution >= 4 is 23.2 Å². The summed E-state index contributed by atoms with van der Waals surface area (Å²) in [6.07, 6.45) is 0. The van der Waals surface area contributed by atoms with E-state index in [1.165, 1.54) is 11.3 Å². The van der Waals surface area contributed by atoms with Crippen LogP contribution in [0.15, 0.2) is 78.9 Å². The summed E-state index contributed by atoms with van der Waals surface area (Å²) in [6, 6.07) is 24.9. The van der Waals surface area contributed by atoms with E-state index in [1.54, 1.807) is 23.1 Å². The molecule has 5 rings (SSSR count). The third kappa shape index (κ3) is 5.65. The van der Waals surface area contributed by atoms with Gasteiger partial charge in [-0.15, -0.1) is 11.3 Å². The highest BCUT2D eigenvalue weighted by Gasteiger charge is 2.25. The summed E-state index contributed by atoms with van der Waals surface area (Å²) in [4.78, 5) is 34.0. The van der Waals surface area contributed by atoms with E-state index in [4.69, 9.17) is 9.47 Å². The van der Waals surface area contributed by atoms with E-state index in [9.17, 15) is 9.59 Å². The van der Waals surface area contributed by atoms with Crippen LogP contribution in [-0.4, -0.2) is 48.0 Å². The van der Waals surface area contributed by atoms with E-state index < -0.39 is 0 Å². The van der Waals surface area contributed by atoms with Gasteiger partial charge < -0.3 is 19.7 Å². The van der Waals surface area contributed by atoms with Crippen LogP contribution in [0, 0.1) is 6.92 Å². The van der Waals surface area contributed by atoms with Crippen LogP contribution in [0.3, 0.4) is 0 Å². The number of rotatable bonds is 8. The lowest BCUT2D eigenvalue weighted by Crippen LogP contribution is -2.38. The molecule has 1 N–H and O–H groups in total. The molecule has 8 heteroatoms. The predicted octanol–water partition coefficient (Wildman–Crippen LogP) is 4.96. The van der Waals surface area contributed by atoms with Crippen LogP contribution >= 0.6 is 11.3 Å². The van der Waals surface area contributed by atoms with Crippen molar-refractivity contribution in [3.05, 3.63) is 101 Å². The topological polar surface area (TPSA) is 80.8 Å². The molecular weight excluding hydrogens is 486 g/mol. The molecule has 0 spiro atoms. The third-order valence-electron chi connectivity index (χ3n) is 5.95. The summed E-state index contributed by atoms with van der Waals surface area (Å²) < 4.78 is 11.3. The molecule has 2 heterocycles. The molecule has 0 atom stereocenters. The lowest BCUT2D eigenvalue weighted by Gasteiger charge is -2.23. The Kier molecular flexibility index (Phi) is 7.46. The fraction of sp³-hybridized carbons (Fsp3) is 0.207. The number of carbonyl (C=O) groups excluding carboxylic acids is 2. The highest BCUT2D eigenvalue weighted by molar-refractivity contribution is 7.15. The van der Waals surface area contributed by atoms with Gasteiger partial charge in [0, 0.05) is 19.6 Å². The molecule has 0 saturated carbocycles. The Balaban J connectivity index is 1.35. The van der Waals surface area contributed by atoms with Crippen molar-refractivity contribution in [2.45, 2.75) is 13.5 Å². The second-order valence-corrected chi connectivity index (χ2v) is 9.78. The van der Waals surface area contributed by atoms with Gasteiger partial charge in [0.1, 0.15) is 18.9 Å². The average molecular weight is 514 g/mol. The first-order valence-electron chi connectivity index (χ1n) is 12.1. The number of thiazole rings is 1. The fourth-order valence-electron chi connectivity index (χ4n) is 4.22. The molecule has 7 nitrogen and oxygen atoms in total. The number of hydrogen-bond acceptors (Lipinski definition) is 6. The van der Waals surface area contributed by atoms with Crippen molar-refractivity contribution in [3.63, 3.8) is 0 Å². The van der Waals surface area contributed by atoms with Crippen LogP contribution in [0.25, 0.3) is 10.4 Å². The number of ether oxygens (including phenoxy) is 2. The number of amides is 2. The lowest BCUT2D eigenvalue weighted by molar-refractivity contribution is 0.0731. The molecule has 3 aromatic carbocycles. The van der Waals surface area contributed by atoms with Gasteiger partial charge >= 0.3 is 0 Å². The standard InChI is InChI=1S/C29H27N3O4S/c1-20-31-25(27(37-20)22-11-6-3-7-12-22)29(34)32(19-21-9-4-2-5-10-21)16-15-30-28(33)23-13-8-14-24-26(23)36-18-17-35-24/h2-14H,15-19H2,1H3,(H,30,33). The molecule has 188 valence electrons. The monoisotopic (exact) mass is 513 g/mol. The highest BCUT2D eigenvalue weighted by Crippen LogP contribution is 2.34. The molecule has 2 amide bonds. The second kappa shape index (κ2) is 11.3. The number of aryl methyl sites for hydroxylation is 1. The maximum absolute atomic E-state index is 13.8. The van der Waals surface area contributed by atoms with Crippen LogP contribution < -0.4 is 14.8 Å². The van der Waals surface area contributed by atoms with Crippen LogP contribution in [0.4, 0.5) is 0 Å². The van der Waals surface area contributed by atoms with E-state index in [0.29, 0.717) is 49.1 Å². The van der Waals surface area contributed by atoms with Gasteiger partial charge in [-0.1, -0.05) is 66.7 Å². The normalized spacial score (nSPS) is 12.1. The maximum Gasteiger partial charge on any atom is 0.274 e. The number of nitrogens with one attached hydrogen (secondary N) is 1. The summed E-state index contributed by atoms with van der Waals surface area (Å²) in [5.74, 6) is 0.570. The van der Waals surface area contributed by atoms with Gasteiger partial charge in [0.05, 0.1) is 15.4 Å². The Morgan fingerprint density at radius 2 is 1.68 bits per heavy atom. The fourth-order valence-corrected chi connectivity index (χ4v) is 5.13. The van der Waals surface area contributed by atoms with Crippen molar-refractivity contribution in [1.82, 2.24) is 15.2 Å². The number of carbonyl (C=O) groups is 2. The Morgan fingerprint density at radius 3 is 2.46 bits per heavy atom. The predicted molar refractivity (Wildman–Crippen MR) is 143 cm³/mol. The van der Waals surface area contributed by atoms with Crippen molar-refractivity contribution in [3.8, 4) is 21.9 Å². The van der Waals surface area contributed by atoms with Crippen molar-refractivity contribution in [2.75, 3.05) is 26.3 Å². The first kappa shape index (κ1) is 24.5. The first-order chi connectivity index (χ1) is 18.1. The molecule has 4 aromatic rings. The highest BCUT2D eigenvalue weighted by atomic mass is 32.1. The first-order valence-corrected chi connectivity index (χ1v) is 12.9. The summed E-state index contributed by atoms with van der Waals surface area (Å²) in [5, 5.41) is 3.76. The van der Waals surface area contributed by atoms with Crippen molar-refractivity contribution in [1.29, 1.82) is 0 Å². The molecule has 0 aliphatic carbocycles. The van der Waals surface area contributed by atoms with E-state index >= 15 is 0 Å². The summed E-state index contributed by atoms with van der Waals surface area (Å²) in [5.41, 5.74) is 2.80. The van der Waals surface area contributed by atoms with Crippen LogP contribution in [0.2, 0.25) is 0 Å². The summed E-state index contributed by atoms with van der Waals surface area (Å²) in [7, 11) is 0. The molecule has 0 unspecified atom stereocenters. The number of hydrogen-bond donors (Lipinski definition) is 1. The largest absolute Gasteiger partial charge is 0.486 e. The SMILES string of the molecule is Cc1nc(C(=O)N(CCNC(=O)c2cccc3c2OCCO3)Cc2ccccc2)c(-c2ccccc2)s1. The van der Waals surface area contributed by atoms with Gasteiger partial charge in [-0.05, 0) is 30.2 Å². The molecule has 1 aliphatic heterocycles. The number of aromatic nitrogens is 1. The molecular formula is C29H27N3O4S. The molecule has 0 bridgehead atoms. The quantitative estimate of drug-likeness (QED) is 0.360. The van der Waals surface area contributed by atoms with E-state index in [1.807, 2.05) is 67.6 Å². The number of benzene rings is 3. The van der Waals surface area contributed by atoms with Crippen molar-refractivity contribution in [2.24, 2.45) is 0 Å². The van der Waals surface area contributed by atoms with Gasteiger partial charge in [-0.2, -0.15) is 0 Å². The maximum atomic E-state index is 13.8. The Morgan fingerprint density at radius 1 is 0.946 bits per heavy atom. The van der Waals surface area contributed by atoms with Gasteiger partial charge in [-0.25, -0.2) is 4.98 Å². The van der Waals surface area contributed by atoms with Gasteiger partial charge in [0.2, 0.25) is 0 Å². The van der Waals surface area contributed by atoms with Gasteiger partial charge in [0.15, 0.2) is 11.5 Å². The number of fused-ring (bicyclic) bond motifs is 1. The molecule has 0 saturated heterocycles. The smallest absolute Gasteiger partial charge is 0.274 e. The van der Waals surface area contributed by atoms with Crippen molar-refractivity contribution < 1.29 is 19.1 Å². The van der Waals surface area contributed by atoms with E-state index in [2.05, 4.69) is 10.3 Å². The summed E-state index contributed by atoms with van der Waals surface area (Å²) >= 11 is 1.50. The van der Waals surface area contributed by atoms with E-state index in [-0.39, 0.29) is 18.4 Å². The minimum atomic E-state index is -0.274.